The Bertz CT molecular complexity index is 563. The van der Waals surface area contributed by atoms with E-state index in [-0.39, 0.29) is 0 Å². The maximum atomic E-state index is 5.94. The first kappa shape index (κ1) is 31.1. The molecule has 0 amide bonds. The molecule has 0 aliphatic heterocycles. The Hall–Kier alpha value is -0.923. The van der Waals surface area contributed by atoms with Crippen molar-refractivity contribution in [3.05, 3.63) is 29.8 Å². The van der Waals surface area contributed by atoms with Crippen LogP contribution >= 0.6 is 0 Å². The summed E-state index contributed by atoms with van der Waals surface area (Å²) in [4.78, 5) is 2.43. The van der Waals surface area contributed by atoms with E-state index in [2.05, 4.69) is 43.0 Å². The van der Waals surface area contributed by atoms with Crippen molar-refractivity contribution in [3.63, 3.8) is 0 Å². The molecular weight excluding hydrogens is 442 g/mol. The fourth-order valence-electron chi connectivity index (χ4n) is 4.27. The first-order chi connectivity index (χ1) is 16.6. The highest BCUT2D eigenvalue weighted by molar-refractivity contribution is 6.60. The second-order valence-electron chi connectivity index (χ2n) is 8.87. The van der Waals surface area contributed by atoms with Gasteiger partial charge in [0, 0.05) is 32.4 Å². The summed E-state index contributed by atoms with van der Waals surface area (Å²) in [5.41, 5.74) is 1.36. The van der Waals surface area contributed by atoms with Crippen LogP contribution < -0.4 is 4.74 Å². The third-order valence-electron chi connectivity index (χ3n) is 6.21. The summed E-state index contributed by atoms with van der Waals surface area (Å²) in [5.74, 6) is 0.994. The lowest BCUT2D eigenvalue weighted by Gasteiger charge is -2.28. The van der Waals surface area contributed by atoms with E-state index in [1.165, 1.54) is 50.5 Å². The molecule has 198 valence electrons. The van der Waals surface area contributed by atoms with Crippen LogP contribution in [0.1, 0.15) is 98.0 Å². The van der Waals surface area contributed by atoms with Gasteiger partial charge in [-0.1, -0.05) is 70.9 Å². The highest BCUT2D eigenvalue weighted by Crippen LogP contribution is 2.21. The van der Waals surface area contributed by atoms with Crippen molar-refractivity contribution in [2.24, 2.45) is 0 Å². The van der Waals surface area contributed by atoms with Gasteiger partial charge in [-0.25, -0.2) is 0 Å². The van der Waals surface area contributed by atoms with Gasteiger partial charge in [0.25, 0.3) is 0 Å². The van der Waals surface area contributed by atoms with Gasteiger partial charge in [-0.2, -0.15) is 0 Å². The molecule has 0 spiro atoms. The molecule has 5 nitrogen and oxygen atoms in total. The van der Waals surface area contributed by atoms with Crippen LogP contribution in [-0.2, 0) is 19.8 Å². The molecule has 34 heavy (non-hydrogen) atoms. The number of benzene rings is 1. The zero-order valence-electron chi connectivity index (χ0n) is 22.9. The molecule has 0 atom stereocenters. The van der Waals surface area contributed by atoms with Gasteiger partial charge in [-0.3, -0.25) is 4.90 Å². The molecular formula is C28H53NO4Si. The minimum atomic E-state index is -2.44. The van der Waals surface area contributed by atoms with Gasteiger partial charge in [-0.05, 0) is 64.4 Å². The normalized spacial score (nSPS) is 11.9. The largest absolute Gasteiger partial charge is 0.500 e. The van der Waals surface area contributed by atoms with Crippen LogP contribution in [0.5, 0.6) is 5.75 Å². The minimum Gasteiger partial charge on any atom is -0.494 e. The molecule has 0 saturated carbocycles. The molecule has 0 aromatic heterocycles. The van der Waals surface area contributed by atoms with Gasteiger partial charge in [0.05, 0.1) is 6.61 Å². The number of hydrogen-bond donors (Lipinski definition) is 0. The highest BCUT2D eigenvalue weighted by atomic mass is 28.4. The molecule has 0 bridgehead atoms. The van der Waals surface area contributed by atoms with Crippen LogP contribution in [-0.4, -0.2) is 53.2 Å². The molecule has 6 heteroatoms. The van der Waals surface area contributed by atoms with Crippen LogP contribution in [0.25, 0.3) is 0 Å². The van der Waals surface area contributed by atoms with Crippen molar-refractivity contribution >= 4 is 8.80 Å². The van der Waals surface area contributed by atoms with Gasteiger partial charge in [0.1, 0.15) is 5.75 Å². The maximum absolute atomic E-state index is 5.94. The van der Waals surface area contributed by atoms with E-state index in [1.807, 2.05) is 20.8 Å². The predicted molar refractivity (Wildman–Crippen MR) is 146 cm³/mol. The molecule has 0 aliphatic rings. The zero-order chi connectivity index (χ0) is 24.9. The van der Waals surface area contributed by atoms with E-state index in [0.29, 0.717) is 19.8 Å². The van der Waals surface area contributed by atoms with Crippen LogP contribution in [0.15, 0.2) is 24.3 Å². The van der Waals surface area contributed by atoms with Gasteiger partial charge in [0.2, 0.25) is 0 Å². The molecule has 0 unspecified atom stereocenters. The molecule has 0 radical (unpaired) electrons. The lowest BCUT2D eigenvalue weighted by molar-refractivity contribution is 0.0706. The second kappa shape index (κ2) is 20.3. The molecule has 0 fully saturated rings. The van der Waals surface area contributed by atoms with E-state index >= 15 is 0 Å². The topological polar surface area (TPSA) is 40.2 Å². The number of hydrogen-bond acceptors (Lipinski definition) is 5. The van der Waals surface area contributed by atoms with Crippen molar-refractivity contribution < 1.29 is 18.0 Å². The van der Waals surface area contributed by atoms with Crippen molar-refractivity contribution in [1.29, 1.82) is 0 Å². The monoisotopic (exact) mass is 495 g/mol. The van der Waals surface area contributed by atoms with Gasteiger partial charge >= 0.3 is 8.80 Å². The summed E-state index contributed by atoms with van der Waals surface area (Å²) in [5, 5.41) is 0. The summed E-state index contributed by atoms with van der Waals surface area (Å²) >= 11 is 0. The Morgan fingerprint density at radius 2 is 1.09 bits per heavy atom. The van der Waals surface area contributed by atoms with Gasteiger partial charge < -0.3 is 18.0 Å². The molecule has 0 aliphatic carbocycles. The van der Waals surface area contributed by atoms with Crippen LogP contribution in [0.3, 0.4) is 0 Å². The standard InChI is InChI=1S/C28H53NO4Si/c1-6-29(7-2)26-27-20-22-28(23-21-27)30-24-18-16-14-12-11-13-15-17-19-25-34(31-8-3,32-9-4)33-10-5/h20-23H,6-19,24-26H2,1-5H3. The number of unbranched alkanes of at least 4 members (excludes halogenated alkanes) is 8. The fraction of sp³-hybridized carbons (Fsp3) is 0.786. The Balaban J connectivity index is 2.03. The van der Waals surface area contributed by atoms with Crippen molar-refractivity contribution in [2.45, 2.75) is 105 Å². The van der Waals surface area contributed by atoms with Crippen molar-refractivity contribution in [2.75, 3.05) is 39.5 Å². The molecule has 1 aromatic carbocycles. The summed E-state index contributed by atoms with van der Waals surface area (Å²) in [6, 6.07) is 9.56. The molecule has 0 N–H and O–H groups in total. The first-order valence-corrected chi connectivity index (χ1v) is 15.9. The Morgan fingerprint density at radius 1 is 0.618 bits per heavy atom. The van der Waals surface area contributed by atoms with Crippen molar-refractivity contribution in [1.82, 2.24) is 4.90 Å². The minimum absolute atomic E-state index is 0.667. The number of nitrogens with zero attached hydrogens (tertiary/aromatic N) is 1. The Kier molecular flexibility index (Phi) is 18.6. The fourth-order valence-corrected chi connectivity index (χ4v) is 6.95. The van der Waals surface area contributed by atoms with Crippen LogP contribution in [0.4, 0.5) is 0 Å². The molecule has 0 saturated heterocycles. The SMILES string of the molecule is CCO[Si](CCCCCCCCCCCOc1ccc(CN(CC)CC)cc1)(OCC)OCC. The summed E-state index contributed by atoms with van der Waals surface area (Å²) in [6.07, 6.45) is 11.4. The first-order valence-electron chi connectivity index (χ1n) is 14.0. The number of ether oxygens (including phenoxy) is 1. The van der Waals surface area contributed by atoms with E-state index in [4.69, 9.17) is 18.0 Å². The zero-order valence-corrected chi connectivity index (χ0v) is 23.9. The van der Waals surface area contributed by atoms with Gasteiger partial charge in [0.15, 0.2) is 0 Å². The molecule has 1 rings (SSSR count). The average molecular weight is 496 g/mol. The van der Waals surface area contributed by atoms with E-state index < -0.39 is 8.80 Å². The predicted octanol–water partition coefficient (Wildman–Crippen LogP) is 7.47. The smallest absolute Gasteiger partial charge is 0.494 e. The lowest BCUT2D eigenvalue weighted by Crippen LogP contribution is -2.45. The van der Waals surface area contributed by atoms with Crippen LogP contribution in [0.2, 0.25) is 6.04 Å². The average Bonchev–Trinajstić information content (AvgIpc) is 2.84. The van der Waals surface area contributed by atoms with Gasteiger partial charge in [-0.15, -0.1) is 0 Å². The lowest BCUT2D eigenvalue weighted by atomic mass is 10.1. The van der Waals surface area contributed by atoms with Crippen LogP contribution in [0, 0.1) is 0 Å². The maximum Gasteiger partial charge on any atom is 0.500 e. The quantitative estimate of drug-likeness (QED) is 0.116. The summed E-state index contributed by atoms with van der Waals surface area (Å²) < 4.78 is 23.7. The van der Waals surface area contributed by atoms with E-state index in [0.717, 1.165) is 50.9 Å². The van der Waals surface area contributed by atoms with E-state index in [9.17, 15) is 0 Å². The molecule has 1 aromatic rings. The van der Waals surface area contributed by atoms with E-state index in [1.54, 1.807) is 0 Å². The summed E-state index contributed by atoms with van der Waals surface area (Å²) in [6.45, 7) is 16.5. The summed E-state index contributed by atoms with van der Waals surface area (Å²) in [7, 11) is -2.44. The Labute approximate surface area is 211 Å². The number of rotatable bonds is 23. The second-order valence-corrected chi connectivity index (χ2v) is 11.6. The third kappa shape index (κ3) is 13.8. The third-order valence-corrected chi connectivity index (χ3v) is 9.36. The highest BCUT2D eigenvalue weighted by Gasteiger charge is 2.39. The Morgan fingerprint density at radius 3 is 1.56 bits per heavy atom. The molecule has 0 heterocycles. The van der Waals surface area contributed by atoms with Crippen molar-refractivity contribution in [3.8, 4) is 5.75 Å².